The first kappa shape index (κ1) is 9.20. The van der Waals surface area contributed by atoms with Gasteiger partial charge in [-0.05, 0) is 19.3 Å². The summed E-state index contributed by atoms with van der Waals surface area (Å²) in [5, 5.41) is 0. The first-order valence-corrected chi connectivity index (χ1v) is 5.63. The molecule has 0 N–H and O–H groups in total. The third-order valence-electron chi connectivity index (χ3n) is 1.92. The van der Waals surface area contributed by atoms with Crippen LogP contribution in [0.5, 0.6) is 0 Å². The molecule has 0 saturated heterocycles. The van der Waals surface area contributed by atoms with E-state index in [-0.39, 0.29) is 0 Å². The fraction of sp³-hybridized carbons (Fsp3) is 1.00. The van der Waals surface area contributed by atoms with Crippen LogP contribution in [0, 0.1) is 0 Å². The summed E-state index contributed by atoms with van der Waals surface area (Å²) in [7, 11) is 0. The van der Waals surface area contributed by atoms with E-state index in [4.69, 9.17) is 4.18 Å². The highest BCUT2D eigenvalue weighted by molar-refractivity contribution is 7.80. The van der Waals surface area contributed by atoms with Crippen LogP contribution in [0.2, 0.25) is 0 Å². The summed E-state index contributed by atoms with van der Waals surface area (Å²) in [6, 6.07) is 0. The van der Waals surface area contributed by atoms with E-state index in [1.54, 1.807) is 0 Å². The van der Waals surface area contributed by atoms with E-state index in [9.17, 15) is 4.21 Å². The third-order valence-corrected chi connectivity index (χ3v) is 3.14. The summed E-state index contributed by atoms with van der Waals surface area (Å²) in [5.41, 5.74) is 0. The van der Waals surface area contributed by atoms with E-state index in [0.717, 1.165) is 19.3 Å². The zero-order valence-corrected chi connectivity index (χ0v) is 7.86. The van der Waals surface area contributed by atoms with Crippen LogP contribution in [-0.4, -0.2) is 16.1 Å². The average molecular weight is 176 g/mol. The average Bonchev–Trinajstić information content (AvgIpc) is 2.40. The third kappa shape index (κ3) is 3.34. The number of rotatable bonds is 4. The van der Waals surface area contributed by atoms with Gasteiger partial charge in [-0.3, -0.25) is 4.18 Å². The van der Waals surface area contributed by atoms with Gasteiger partial charge in [0, 0.05) is 5.75 Å². The fourth-order valence-corrected chi connectivity index (χ4v) is 2.28. The lowest BCUT2D eigenvalue weighted by atomic mass is 10.3. The van der Waals surface area contributed by atoms with Crippen molar-refractivity contribution in [2.24, 2.45) is 0 Å². The van der Waals surface area contributed by atoms with Crippen molar-refractivity contribution in [3.8, 4) is 0 Å². The molecule has 1 unspecified atom stereocenters. The van der Waals surface area contributed by atoms with Crippen LogP contribution in [0.3, 0.4) is 0 Å². The molecule has 1 atom stereocenters. The molecular formula is C8H16O2S. The van der Waals surface area contributed by atoms with Gasteiger partial charge in [0.2, 0.25) is 0 Å². The fourth-order valence-electron chi connectivity index (χ4n) is 1.35. The van der Waals surface area contributed by atoms with Crippen molar-refractivity contribution in [1.82, 2.24) is 0 Å². The van der Waals surface area contributed by atoms with Gasteiger partial charge in [-0.2, -0.15) is 0 Å². The maximum atomic E-state index is 11.1. The van der Waals surface area contributed by atoms with Crippen molar-refractivity contribution >= 4 is 11.1 Å². The monoisotopic (exact) mass is 176 g/mol. The molecule has 0 bridgehead atoms. The molecule has 0 aromatic heterocycles. The van der Waals surface area contributed by atoms with Gasteiger partial charge in [0.25, 0.3) is 0 Å². The second-order valence-electron chi connectivity index (χ2n) is 3.01. The Hall–Kier alpha value is 0.110. The van der Waals surface area contributed by atoms with E-state index in [1.165, 1.54) is 12.8 Å². The molecule has 1 rings (SSSR count). The van der Waals surface area contributed by atoms with Crippen molar-refractivity contribution in [2.45, 2.75) is 45.1 Å². The van der Waals surface area contributed by atoms with Crippen LogP contribution in [-0.2, 0) is 15.3 Å². The highest BCUT2D eigenvalue weighted by Gasteiger charge is 2.17. The van der Waals surface area contributed by atoms with Gasteiger partial charge in [0.05, 0.1) is 6.10 Å². The van der Waals surface area contributed by atoms with Crippen molar-refractivity contribution in [3.63, 3.8) is 0 Å². The summed E-state index contributed by atoms with van der Waals surface area (Å²) < 4.78 is 16.4. The molecule has 1 aliphatic carbocycles. The molecular weight excluding hydrogens is 160 g/mol. The van der Waals surface area contributed by atoms with E-state index in [2.05, 4.69) is 0 Å². The lowest BCUT2D eigenvalue weighted by molar-refractivity contribution is 0.235. The highest BCUT2D eigenvalue weighted by atomic mass is 32.2. The predicted octanol–water partition coefficient (Wildman–Crippen LogP) is 2.02. The van der Waals surface area contributed by atoms with E-state index in [0.29, 0.717) is 11.9 Å². The molecule has 0 aromatic rings. The van der Waals surface area contributed by atoms with Crippen LogP contribution in [0.1, 0.15) is 39.0 Å². The van der Waals surface area contributed by atoms with Gasteiger partial charge in [-0.15, -0.1) is 0 Å². The van der Waals surface area contributed by atoms with Crippen LogP contribution in [0.25, 0.3) is 0 Å². The van der Waals surface area contributed by atoms with E-state index in [1.807, 2.05) is 6.92 Å². The first-order chi connectivity index (χ1) is 5.33. The molecule has 66 valence electrons. The quantitative estimate of drug-likeness (QED) is 0.655. The van der Waals surface area contributed by atoms with Gasteiger partial charge >= 0.3 is 0 Å². The molecule has 0 radical (unpaired) electrons. The molecule has 0 heterocycles. The van der Waals surface area contributed by atoms with Gasteiger partial charge in [0.1, 0.15) is 0 Å². The summed E-state index contributed by atoms with van der Waals surface area (Å²) in [4.78, 5) is 0. The Balaban J connectivity index is 2.13. The minimum absolute atomic E-state index is 0.294. The summed E-state index contributed by atoms with van der Waals surface area (Å²) in [6.45, 7) is 2.02. The zero-order chi connectivity index (χ0) is 8.10. The Morgan fingerprint density at radius 3 is 2.64 bits per heavy atom. The molecule has 11 heavy (non-hydrogen) atoms. The summed E-state index contributed by atoms with van der Waals surface area (Å²) in [5.74, 6) is 0.691. The minimum Gasteiger partial charge on any atom is -0.287 e. The Morgan fingerprint density at radius 2 is 2.09 bits per heavy atom. The van der Waals surface area contributed by atoms with Gasteiger partial charge in [-0.25, -0.2) is 4.21 Å². The Bertz CT molecular complexity index is 130. The molecule has 1 saturated carbocycles. The Labute approximate surface area is 71.0 Å². The van der Waals surface area contributed by atoms with Crippen molar-refractivity contribution in [3.05, 3.63) is 0 Å². The highest BCUT2D eigenvalue weighted by Crippen LogP contribution is 2.21. The largest absolute Gasteiger partial charge is 0.287 e. The lowest BCUT2D eigenvalue weighted by Crippen LogP contribution is -2.11. The smallest absolute Gasteiger partial charge is 0.155 e. The number of hydrogen-bond acceptors (Lipinski definition) is 2. The second kappa shape index (κ2) is 4.88. The van der Waals surface area contributed by atoms with Crippen LogP contribution in [0.15, 0.2) is 0 Å². The SMILES string of the molecule is CCCS(=O)OC1CCCC1. The predicted molar refractivity (Wildman–Crippen MR) is 46.6 cm³/mol. The van der Waals surface area contributed by atoms with Crippen molar-refractivity contribution in [2.75, 3.05) is 5.75 Å². The summed E-state index contributed by atoms with van der Waals surface area (Å²) >= 11 is -1.01. The second-order valence-corrected chi connectivity index (χ2v) is 4.22. The van der Waals surface area contributed by atoms with Crippen LogP contribution in [0.4, 0.5) is 0 Å². The topological polar surface area (TPSA) is 26.3 Å². The number of hydrogen-bond donors (Lipinski definition) is 0. The zero-order valence-electron chi connectivity index (χ0n) is 7.04. The van der Waals surface area contributed by atoms with E-state index < -0.39 is 11.1 Å². The van der Waals surface area contributed by atoms with Crippen LogP contribution < -0.4 is 0 Å². The minimum atomic E-state index is -1.01. The lowest BCUT2D eigenvalue weighted by Gasteiger charge is -2.08. The molecule has 0 aliphatic heterocycles. The van der Waals surface area contributed by atoms with E-state index >= 15 is 0 Å². The summed E-state index contributed by atoms with van der Waals surface area (Å²) in [6.07, 6.45) is 5.94. The maximum absolute atomic E-state index is 11.1. The Kier molecular flexibility index (Phi) is 4.08. The molecule has 0 aromatic carbocycles. The standard InChI is InChI=1S/C8H16O2S/c1-2-7-11(9)10-8-5-3-4-6-8/h8H,2-7H2,1H3. The maximum Gasteiger partial charge on any atom is 0.155 e. The normalized spacial score (nSPS) is 22.3. The molecule has 3 heteroatoms. The van der Waals surface area contributed by atoms with Crippen molar-refractivity contribution < 1.29 is 8.39 Å². The Morgan fingerprint density at radius 1 is 1.45 bits per heavy atom. The molecule has 0 spiro atoms. The molecule has 1 aliphatic rings. The molecule has 2 nitrogen and oxygen atoms in total. The molecule has 0 amide bonds. The van der Waals surface area contributed by atoms with Crippen molar-refractivity contribution in [1.29, 1.82) is 0 Å². The molecule has 1 fully saturated rings. The van der Waals surface area contributed by atoms with Gasteiger partial charge in [0.15, 0.2) is 11.1 Å². The first-order valence-electron chi connectivity index (χ1n) is 4.38. The van der Waals surface area contributed by atoms with Crippen LogP contribution >= 0.6 is 0 Å². The van der Waals surface area contributed by atoms with Gasteiger partial charge < -0.3 is 0 Å². The van der Waals surface area contributed by atoms with Gasteiger partial charge in [-0.1, -0.05) is 19.8 Å².